The van der Waals surface area contributed by atoms with Gasteiger partial charge in [0, 0.05) is 0 Å². The molecule has 1 aromatic carbocycles. The zero-order chi connectivity index (χ0) is 15.8. The fourth-order valence-electron chi connectivity index (χ4n) is 2.04. The maximum Gasteiger partial charge on any atom is 0.185 e. The number of aromatic nitrogens is 2. The van der Waals surface area contributed by atoms with Gasteiger partial charge in [-0.3, -0.25) is 0 Å². The third kappa shape index (κ3) is 3.68. The number of aryl methyl sites for hydroxylation is 2. The topological polar surface area (TPSA) is 59.9 Å². The number of rotatable bonds is 3. The lowest BCUT2D eigenvalue weighted by molar-refractivity contribution is 0.582. The molecule has 1 heterocycles. The molecule has 0 fully saturated rings. The van der Waals surface area contributed by atoms with E-state index in [1.165, 1.54) is 11.3 Å². The summed E-state index contributed by atoms with van der Waals surface area (Å²) in [7, 11) is -3.41. The second-order valence-corrected chi connectivity index (χ2v) is 9.43. The quantitative estimate of drug-likeness (QED) is 0.868. The first-order valence-corrected chi connectivity index (χ1v) is 9.19. The first-order valence-electron chi connectivity index (χ1n) is 6.72. The van der Waals surface area contributed by atoms with Gasteiger partial charge in [0.05, 0.1) is 4.90 Å². The molecular weight excluding hydrogens is 304 g/mol. The Balaban J connectivity index is 2.44. The van der Waals surface area contributed by atoms with Crippen LogP contribution in [0, 0.1) is 13.8 Å². The number of hydrogen-bond donors (Lipinski definition) is 0. The van der Waals surface area contributed by atoms with E-state index in [4.69, 9.17) is 0 Å². The van der Waals surface area contributed by atoms with Crippen molar-refractivity contribution in [1.29, 1.82) is 0 Å². The predicted molar refractivity (Wildman–Crippen MR) is 85.4 cm³/mol. The van der Waals surface area contributed by atoms with Gasteiger partial charge in [0.2, 0.25) is 0 Å². The summed E-state index contributed by atoms with van der Waals surface area (Å²) in [4.78, 5) is 0.391. The molecule has 0 aliphatic heterocycles. The first-order chi connectivity index (χ1) is 9.59. The molecule has 1 aromatic heterocycles. The van der Waals surface area contributed by atoms with Gasteiger partial charge in [0.1, 0.15) is 15.8 Å². The largest absolute Gasteiger partial charge is 0.223 e. The molecule has 0 aliphatic carbocycles. The zero-order valence-corrected chi connectivity index (χ0v) is 14.6. The van der Waals surface area contributed by atoms with E-state index in [2.05, 4.69) is 31.0 Å². The molecule has 2 aromatic rings. The smallest absolute Gasteiger partial charge is 0.185 e. The van der Waals surface area contributed by atoms with Gasteiger partial charge in [0.25, 0.3) is 0 Å². The third-order valence-corrected chi connectivity index (χ3v) is 6.06. The van der Waals surface area contributed by atoms with E-state index < -0.39 is 9.84 Å². The minimum atomic E-state index is -3.41. The molecule has 4 nitrogen and oxygen atoms in total. The highest BCUT2D eigenvalue weighted by atomic mass is 32.2. The van der Waals surface area contributed by atoms with Gasteiger partial charge in [-0.15, -0.1) is 21.5 Å². The Hall–Kier alpha value is -1.27. The van der Waals surface area contributed by atoms with Crippen LogP contribution in [0.15, 0.2) is 23.1 Å². The van der Waals surface area contributed by atoms with Gasteiger partial charge in [-0.05, 0) is 36.5 Å². The summed E-state index contributed by atoms with van der Waals surface area (Å²) in [6, 6.07) is 5.65. The van der Waals surface area contributed by atoms with E-state index in [9.17, 15) is 8.42 Å². The number of nitrogens with zero attached hydrogens (tertiary/aromatic N) is 2. The Bertz CT molecular complexity index is 756. The van der Waals surface area contributed by atoms with Crippen LogP contribution in [0.2, 0.25) is 0 Å². The fraction of sp³-hybridized carbons (Fsp3) is 0.467. The van der Waals surface area contributed by atoms with Crippen molar-refractivity contribution < 1.29 is 8.42 Å². The molecule has 0 amide bonds. The average Bonchev–Trinajstić information content (AvgIpc) is 2.72. The normalized spacial score (nSPS) is 12.6. The predicted octanol–water partition coefficient (Wildman–Crippen LogP) is 3.43. The second kappa shape index (κ2) is 5.50. The van der Waals surface area contributed by atoms with Crippen LogP contribution in [0.1, 0.15) is 41.9 Å². The molecule has 6 heteroatoms. The molecule has 0 radical (unpaired) electrons. The molecule has 0 bridgehead atoms. The molecule has 0 aliphatic rings. The number of benzene rings is 1. The molecule has 114 valence electrons. The van der Waals surface area contributed by atoms with Crippen molar-refractivity contribution in [1.82, 2.24) is 10.2 Å². The molecule has 0 N–H and O–H groups in total. The van der Waals surface area contributed by atoms with Gasteiger partial charge in [-0.2, -0.15) is 0 Å². The van der Waals surface area contributed by atoms with Crippen molar-refractivity contribution in [2.24, 2.45) is 0 Å². The molecule has 0 saturated heterocycles. The second-order valence-electron chi connectivity index (χ2n) is 6.20. The van der Waals surface area contributed by atoms with E-state index in [1.54, 1.807) is 6.07 Å². The Morgan fingerprint density at radius 2 is 1.81 bits per heavy atom. The van der Waals surface area contributed by atoms with Crippen molar-refractivity contribution in [2.45, 2.75) is 50.7 Å². The maximum absolute atomic E-state index is 12.6. The first kappa shape index (κ1) is 16.1. The molecular formula is C15H20N2O2S2. The number of sulfone groups is 1. The molecule has 0 atom stereocenters. The van der Waals surface area contributed by atoms with Gasteiger partial charge < -0.3 is 0 Å². The Kier molecular flexibility index (Phi) is 4.22. The van der Waals surface area contributed by atoms with Crippen LogP contribution in [0.4, 0.5) is 0 Å². The van der Waals surface area contributed by atoms with E-state index in [-0.39, 0.29) is 11.2 Å². The standard InChI is InChI=1S/C15H20N2O2S2/c1-10-6-7-12(15(3,4)5)8-13(10)21(18,19)9-14-17-16-11(2)20-14/h6-8H,9H2,1-5H3. The van der Waals surface area contributed by atoms with Crippen LogP contribution < -0.4 is 0 Å². The zero-order valence-electron chi connectivity index (χ0n) is 13.0. The van der Waals surface area contributed by atoms with Gasteiger partial charge in [0.15, 0.2) is 9.84 Å². The summed E-state index contributed by atoms with van der Waals surface area (Å²) in [6.07, 6.45) is 0. The van der Waals surface area contributed by atoms with Crippen molar-refractivity contribution in [3.8, 4) is 0 Å². The minimum absolute atomic E-state index is 0.0860. The summed E-state index contributed by atoms with van der Waals surface area (Å²) >= 11 is 1.32. The highest BCUT2D eigenvalue weighted by Gasteiger charge is 2.23. The Morgan fingerprint density at radius 3 is 2.33 bits per heavy atom. The lowest BCUT2D eigenvalue weighted by Crippen LogP contribution is -2.14. The summed E-state index contributed by atoms with van der Waals surface area (Å²) in [5, 5.41) is 9.11. The van der Waals surface area contributed by atoms with E-state index in [1.807, 2.05) is 26.0 Å². The van der Waals surface area contributed by atoms with E-state index >= 15 is 0 Å². The van der Waals surface area contributed by atoms with Crippen LogP contribution in [-0.2, 0) is 21.0 Å². The average molecular weight is 324 g/mol. The lowest BCUT2D eigenvalue weighted by atomic mass is 9.87. The number of hydrogen-bond acceptors (Lipinski definition) is 5. The van der Waals surface area contributed by atoms with Crippen LogP contribution in [0.5, 0.6) is 0 Å². The van der Waals surface area contributed by atoms with E-state index in [0.29, 0.717) is 9.90 Å². The maximum atomic E-state index is 12.6. The van der Waals surface area contributed by atoms with Crippen molar-refractivity contribution in [3.05, 3.63) is 39.3 Å². The van der Waals surface area contributed by atoms with Crippen LogP contribution >= 0.6 is 11.3 Å². The minimum Gasteiger partial charge on any atom is -0.223 e. The van der Waals surface area contributed by atoms with Crippen molar-refractivity contribution >= 4 is 21.2 Å². The molecule has 0 spiro atoms. The summed E-state index contributed by atoms with van der Waals surface area (Å²) in [6.45, 7) is 9.86. The van der Waals surface area contributed by atoms with Gasteiger partial charge >= 0.3 is 0 Å². The SMILES string of the molecule is Cc1nnc(CS(=O)(=O)c2cc(C(C)(C)C)ccc2C)s1. The van der Waals surface area contributed by atoms with Gasteiger partial charge in [-0.1, -0.05) is 32.9 Å². The molecule has 0 unspecified atom stereocenters. The molecule has 0 saturated carbocycles. The van der Waals surface area contributed by atoms with Crippen molar-refractivity contribution in [2.75, 3.05) is 0 Å². The fourth-order valence-corrected chi connectivity index (χ4v) is 4.65. The lowest BCUT2D eigenvalue weighted by Gasteiger charge is -2.20. The van der Waals surface area contributed by atoms with Crippen LogP contribution in [0.25, 0.3) is 0 Å². The highest BCUT2D eigenvalue weighted by Crippen LogP contribution is 2.28. The van der Waals surface area contributed by atoms with Crippen molar-refractivity contribution in [3.63, 3.8) is 0 Å². The molecule has 21 heavy (non-hydrogen) atoms. The molecule has 2 rings (SSSR count). The van der Waals surface area contributed by atoms with Gasteiger partial charge in [-0.25, -0.2) is 8.42 Å². The third-order valence-electron chi connectivity index (χ3n) is 3.27. The Morgan fingerprint density at radius 1 is 1.14 bits per heavy atom. The Labute approximate surface area is 130 Å². The summed E-state index contributed by atoms with van der Waals surface area (Å²) in [5.74, 6) is -0.0903. The van der Waals surface area contributed by atoms with Crippen LogP contribution in [0.3, 0.4) is 0 Å². The monoisotopic (exact) mass is 324 g/mol. The highest BCUT2D eigenvalue weighted by molar-refractivity contribution is 7.90. The summed E-state index contributed by atoms with van der Waals surface area (Å²) in [5.41, 5.74) is 1.70. The summed E-state index contributed by atoms with van der Waals surface area (Å²) < 4.78 is 25.3. The van der Waals surface area contributed by atoms with Crippen LogP contribution in [-0.4, -0.2) is 18.6 Å². The van der Waals surface area contributed by atoms with E-state index in [0.717, 1.165) is 16.1 Å².